The molecule has 2 heterocycles. The van der Waals surface area contributed by atoms with Crippen molar-refractivity contribution in [3.8, 4) is 0 Å². The third-order valence-electron chi connectivity index (χ3n) is 5.04. The zero-order valence-corrected chi connectivity index (χ0v) is 15.7. The average molecular weight is 345 g/mol. The second-order valence-electron chi connectivity index (χ2n) is 8.10. The summed E-state index contributed by atoms with van der Waals surface area (Å²) < 4.78 is 5.61. The van der Waals surface area contributed by atoms with Crippen LogP contribution in [0.2, 0.25) is 0 Å². The largest absolute Gasteiger partial charge is 0.376 e. The molecule has 1 unspecified atom stereocenters. The summed E-state index contributed by atoms with van der Waals surface area (Å²) in [5.74, 6) is -0.00187. The quantitative estimate of drug-likeness (QED) is 0.879. The first kappa shape index (κ1) is 18.2. The molecule has 0 bridgehead atoms. The molecular formula is C20H31N3O2. The molecule has 2 aliphatic rings. The zero-order valence-electron chi connectivity index (χ0n) is 15.7. The number of nitrogens with zero attached hydrogens (tertiary/aromatic N) is 1. The van der Waals surface area contributed by atoms with Gasteiger partial charge < -0.3 is 20.3 Å². The highest BCUT2D eigenvalue weighted by atomic mass is 16.5. The summed E-state index contributed by atoms with van der Waals surface area (Å²) in [5.41, 5.74) is 3.11. The van der Waals surface area contributed by atoms with Crippen molar-refractivity contribution in [3.63, 3.8) is 0 Å². The Kier molecular flexibility index (Phi) is 5.64. The molecule has 1 amide bonds. The van der Waals surface area contributed by atoms with Gasteiger partial charge in [0.2, 0.25) is 0 Å². The first-order valence-corrected chi connectivity index (χ1v) is 9.44. The minimum atomic E-state index is -0.00187. The topological polar surface area (TPSA) is 53.6 Å². The van der Waals surface area contributed by atoms with Crippen LogP contribution >= 0.6 is 0 Å². The van der Waals surface area contributed by atoms with Crippen LogP contribution in [0.3, 0.4) is 0 Å². The minimum Gasteiger partial charge on any atom is -0.376 e. The van der Waals surface area contributed by atoms with E-state index in [0.29, 0.717) is 6.54 Å². The molecule has 138 valence electrons. The number of benzene rings is 1. The van der Waals surface area contributed by atoms with Crippen molar-refractivity contribution in [2.24, 2.45) is 0 Å². The molecule has 2 N–H and O–H groups in total. The number of carbonyl (C=O) groups is 1. The van der Waals surface area contributed by atoms with Gasteiger partial charge in [-0.1, -0.05) is 20.8 Å². The van der Waals surface area contributed by atoms with Crippen LogP contribution in [0.5, 0.6) is 0 Å². The summed E-state index contributed by atoms with van der Waals surface area (Å²) in [6, 6.07) is 6.31. The van der Waals surface area contributed by atoms with E-state index in [2.05, 4.69) is 42.4 Å². The molecule has 2 saturated heterocycles. The Morgan fingerprint density at radius 3 is 2.68 bits per heavy atom. The second kappa shape index (κ2) is 7.75. The Bertz CT molecular complexity index is 597. The molecule has 0 aliphatic carbocycles. The van der Waals surface area contributed by atoms with Crippen molar-refractivity contribution >= 4 is 11.6 Å². The van der Waals surface area contributed by atoms with Gasteiger partial charge in [-0.3, -0.25) is 4.79 Å². The van der Waals surface area contributed by atoms with Crippen molar-refractivity contribution in [1.82, 2.24) is 10.6 Å². The third-order valence-corrected chi connectivity index (χ3v) is 5.04. The molecule has 2 aliphatic heterocycles. The maximum absolute atomic E-state index is 12.7. The molecule has 5 nitrogen and oxygen atoms in total. The fourth-order valence-corrected chi connectivity index (χ4v) is 3.39. The summed E-state index contributed by atoms with van der Waals surface area (Å²) in [5, 5.41) is 6.44. The smallest absolute Gasteiger partial charge is 0.251 e. The van der Waals surface area contributed by atoms with Gasteiger partial charge in [0.05, 0.1) is 6.10 Å². The van der Waals surface area contributed by atoms with Crippen LogP contribution in [0.1, 0.15) is 49.5 Å². The van der Waals surface area contributed by atoms with Gasteiger partial charge in [-0.05, 0) is 42.0 Å². The SMILES string of the molecule is CC(C)(C)c1cc(C(=O)NCC2CCCO2)cc(N2CCNCC2)c1. The molecule has 5 heteroatoms. The fourth-order valence-electron chi connectivity index (χ4n) is 3.39. The van der Waals surface area contributed by atoms with Crippen molar-refractivity contribution in [1.29, 1.82) is 0 Å². The molecule has 0 radical (unpaired) electrons. The number of hydrogen-bond donors (Lipinski definition) is 2. The minimum absolute atomic E-state index is 0.00187. The first-order valence-electron chi connectivity index (χ1n) is 9.44. The van der Waals surface area contributed by atoms with E-state index in [0.717, 1.165) is 56.9 Å². The van der Waals surface area contributed by atoms with Crippen LogP contribution < -0.4 is 15.5 Å². The van der Waals surface area contributed by atoms with Gasteiger partial charge in [0.1, 0.15) is 0 Å². The standard InChI is InChI=1S/C20H31N3O2/c1-20(2,3)16-11-15(19(24)22-14-18-5-4-10-25-18)12-17(13-16)23-8-6-21-7-9-23/h11-13,18,21H,4-10,14H2,1-3H3,(H,22,24). The lowest BCUT2D eigenvalue weighted by Crippen LogP contribution is -2.43. The number of amides is 1. The average Bonchev–Trinajstić information content (AvgIpc) is 3.13. The summed E-state index contributed by atoms with van der Waals surface area (Å²) in [4.78, 5) is 15.1. The molecule has 3 rings (SSSR count). The highest BCUT2D eigenvalue weighted by Crippen LogP contribution is 2.28. The van der Waals surface area contributed by atoms with E-state index in [1.165, 1.54) is 5.56 Å². The van der Waals surface area contributed by atoms with Gasteiger partial charge in [0.15, 0.2) is 0 Å². The van der Waals surface area contributed by atoms with Crippen molar-refractivity contribution in [2.45, 2.75) is 45.1 Å². The van der Waals surface area contributed by atoms with Crippen LogP contribution in [0.4, 0.5) is 5.69 Å². The van der Waals surface area contributed by atoms with Crippen LogP contribution in [-0.2, 0) is 10.2 Å². The maximum Gasteiger partial charge on any atom is 0.251 e. The number of anilines is 1. The second-order valence-corrected chi connectivity index (χ2v) is 8.10. The fraction of sp³-hybridized carbons (Fsp3) is 0.650. The highest BCUT2D eigenvalue weighted by molar-refractivity contribution is 5.95. The number of carbonyl (C=O) groups excluding carboxylic acids is 1. The Labute approximate surface area is 151 Å². The Hall–Kier alpha value is -1.59. The summed E-state index contributed by atoms with van der Waals surface area (Å²) in [6.45, 7) is 11.9. The predicted molar refractivity (Wildman–Crippen MR) is 102 cm³/mol. The van der Waals surface area contributed by atoms with Crippen LogP contribution in [-0.4, -0.2) is 51.3 Å². The lowest BCUT2D eigenvalue weighted by atomic mass is 9.85. The molecule has 0 aromatic heterocycles. The number of nitrogens with one attached hydrogen (secondary N) is 2. The Balaban J connectivity index is 1.79. The van der Waals surface area contributed by atoms with E-state index < -0.39 is 0 Å². The highest BCUT2D eigenvalue weighted by Gasteiger charge is 2.21. The monoisotopic (exact) mass is 345 g/mol. The Morgan fingerprint density at radius 1 is 1.28 bits per heavy atom. The van der Waals surface area contributed by atoms with Gasteiger partial charge in [0, 0.05) is 50.6 Å². The van der Waals surface area contributed by atoms with Crippen molar-refractivity contribution in [2.75, 3.05) is 44.2 Å². The predicted octanol–water partition coefficient (Wildman–Crippen LogP) is 2.30. The lowest BCUT2D eigenvalue weighted by Gasteiger charge is -2.31. The van der Waals surface area contributed by atoms with Gasteiger partial charge in [-0.15, -0.1) is 0 Å². The molecule has 0 spiro atoms. The van der Waals surface area contributed by atoms with Crippen molar-refractivity contribution in [3.05, 3.63) is 29.3 Å². The molecule has 25 heavy (non-hydrogen) atoms. The van der Waals surface area contributed by atoms with Gasteiger partial charge in [0.25, 0.3) is 5.91 Å². The normalized spacial score (nSPS) is 21.4. The van der Waals surface area contributed by atoms with Crippen molar-refractivity contribution < 1.29 is 9.53 Å². The molecule has 1 atom stereocenters. The van der Waals surface area contributed by atoms with E-state index in [9.17, 15) is 4.79 Å². The zero-order chi connectivity index (χ0) is 17.9. The van der Waals surface area contributed by atoms with E-state index in [-0.39, 0.29) is 17.4 Å². The van der Waals surface area contributed by atoms with Crippen LogP contribution in [0.25, 0.3) is 0 Å². The van der Waals surface area contributed by atoms with Gasteiger partial charge in [-0.25, -0.2) is 0 Å². The molecule has 1 aromatic rings. The number of ether oxygens (including phenoxy) is 1. The first-order chi connectivity index (χ1) is 11.9. The third kappa shape index (κ3) is 4.73. The lowest BCUT2D eigenvalue weighted by molar-refractivity contribution is 0.0857. The van der Waals surface area contributed by atoms with E-state index in [4.69, 9.17) is 4.74 Å². The Morgan fingerprint density at radius 2 is 2.04 bits per heavy atom. The van der Waals surface area contributed by atoms with Crippen LogP contribution in [0, 0.1) is 0 Å². The van der Waals surface area contributed by atoms with Crippen LogP contribution in [0.15, 0.2) is 18.2 Å². The number of rotatable bonds is 4. The van der Waals surface area contributed by atoms with E-state index in [1.54, 1.807) is 0 Å². The van der Waals surface area contributed by atoms with Gasteiger partial charge in [-0.2, -0.15) is 0 Å². The summed E-state index contributed by atoms with van der Waals surface area (Å²) in [7, 11) is 0. The number of piperazine rings is 1. The van der Waals surface area contributed by atoms with Gasteiger partial charge >= 0.3 is 0 Å². The van der Waals surface area contributed by atoms with E-state index >= 15 is 0 Å². The summed E-state index contributed by atoms with van der Waals surface area (Å²) in [6.07, 6.45) is 2.30. The van der Waals surface area contributed by atoms with E-state index in [1.807, 2.05) is 12.1 Å². The summed E-state index contributed by atoms with van der Waals surface area (Å²) >= 11 is 0. The molecular weight excluding hydrogens is 314 g/mol. The molecule has 2 fully saturated rings. The number of hydrogen-bond acceptors (Lipinski definition) is 4. The molecule has 1 aromatic carbocycles. The molecule has 0 saturated carbocycles. The maximum atomic E-state index is 12.7.